The van der Waals surface area contributed by atoms with E-state index in [4.69, 9.17) is 11.6 Å². The van der Waals surface area contributed by atoms with Gasteiger partial charge in [-0.2, -0.15) is 0 Å². The lowest BCUT2D eigenvalue weighted by atomic mass is 10.2. The van der Waals surface area contributed by atoms with E-state index < -0.39 is 10.0 Å². The topological polar surface area (TPSA) is 62.3 Å². The van der Waals surface area contributed by atoms with Gasteiger partial charge in [0.05, 0.1) is 5.69 Å². The molecule has 20 heavy (non-hydrogen) atoms. The van der Waals surface area contributed by atoms with Crippen molar-refractivity contribution in [2.45, 2.75) is 50.9 Å². The third-order valence-corrected chi connectivity index (χ3v) is 6.29. The summed E-state index contributed by atoms with van der Waals surface area (Å²) in [6.07, 6.45) is 0. The number of nitrogens with one attached hydrogen (secondary N) is 1. The van der Waals surface area contributed by atoms with E-state index in [-0.39, 0.29) is 8.68 Å². The molecule has 0 bridgehead atoms. The van der Waals surface area contributed by atoms with Gasteiger partial charge in [-0.3, -0.25) is 4.90 Å². The van der Waals surface area contributed by atoms with Crippen LogP contribution in [-0.2, 0) is 10.0 Å². The Hall–Kier alpha value is -0.210. The molecule has 1 N–H and O–H groups in total. The molecule has 1 aromatic rings. The molecule has 0 radical (unpaired) electrons. The van der Waals surface area contributed by atoms with E-state index in [1.807, 2.05) is 0 Å². The maximum atomic E-state index is 12.2. The minimum atomic E-state index is -3.52. The van der Waals surface area contributed by atoms with Crippen molar-refractivity contribution in [3.05, 3.63) is 10.2 Å². The second kappa shape index (κ2) is 7.17. The Kier molecular flexibility index (Phi) is 6.40. The molecule has 0 aliphatic heterocycles. The number of sulfonamides is 1. The van der Waals surface area contributed by atoms with Crippen LogP contribution in [0.3, 0.4) is 0 Å². The van der Waals surface area contributed by atoms with Crippen LogP contribution < -0.4 is 4.72 Å². The van der Waals surface area contributed by atoms with Gasteiger partial charge in [0.25, 0.3) is 10.0 Å². The monoisotopic (exact) mass is 339 g/mol. The van der Waals surface area contributed by atoms with Gasteiger partial charge in [0.15, 0.2) is 8.68 Å². The number of hydrogen-bond donors (Lipinski definition) is 1. The lowest BCUT2D eigenvalue weighted by Crippen LogP contribution is -2.42. The summed E-state index contributed by atoms with van der Waals surface area (Å²) in [6.45, 7) is 11.1. The first kappa shape index (κ1) is 17.8. The molecule has 5 nitrogen and oxygen atoms in total. The first-order chi connectivity index (χ1) is 9.15. The van der Waals surface area contributed by atoms with Crippen molar-refractivity contribution >= 4 is 33.0 Å². The predicted octanol–water partition coefficient (Wildman–Crippen LogP) is 2.50. The molecule has 0 aromatic carbocycles. The summed E-state index contributed by atoms with van der Waals surface area (Å²) >= 11 is 6.73. The summed E-state index contributed by atoms with van der Waals surface area (Å²) < 4.78 is 27.4. The molecule has 0 saturated carbocycles. The van der Waals surface area contributed by atoms with Gasteiger partial charge >= 0.3 is 0 Å². The fraction of sp³-hybridized carbons (Fsp3) is 0.750. The van der Waals surface area contributed by atoms with Crippen molar-refractivity contribution in [3.63, 3.8) is 0 Å². The number of aromatic nitrogens is 1. The van der Waals surface area contributed by atoms with Crippen LogP contribution in [0.1, 0.15) is 33.4 Å². The highest BCUT2D eigenvalue weighted by Crippen LogP contribution is 2.26. The molecule has 0 spiro atoms. The Labute approximate surface area is 130 Å². The summed E-state index contributed by atoms with van der Waals surface area (Å²) in [7, 11) is -3.52. The van der Waals surface area contributed by atoms with Gasteiger partial charge in [-0.15, -0.1) is 0 Å². The van der Waals surface area contributed by atoms with E-state index >= 15 is 0 Å². The highest BCUT2D eigenvalue weighted by Gasteiger charge is 2.22. The fourth-order valence-electron chi connectivity index (χ4n) is 2.09. The molecule has 0 aliphatic carbocycles. The summed E-state index contributed by atoms with van der Waals surface area (Å²) in [4.78, 5) is 6.16. The molecule has 1 heterocycles. The van der Waals surface area contributed by atoms with Crippen molar-refractivity contribution < 1.29 is 8.42 Å². The summed E-state index contributed by atoms with van der Waals surface area (Å²) in [5, 5.41) is 0. The fourth-order valence-corrected chi connectivity index (χ4v) is 4.89. The molecule has 0 amide bonds. The van der Waals surface area contributed by atoms with Crippen LogP contribution >= 0.6 is 22.9 Å². The average molecular weight is 340 g/mol. The molecular weight excluding hydrogens is 318 g/mol. The zero-order chi connectivity index (χ0) is 15.5. The highest BCUT2D eigenvalue weighted by molar-refractivity contribution is 7.91. The standard InChI is InChI=1S/C12H22ClN3O2S2/c1-8(2)16(9(3)4)7-6-14-20(17,18)11-10(5)15-12(13)19-11/h8-9,14H,6-7H2,1-5H3. The second-order valence-corrected chi connectivity index (χ2v) is 8.71. The van der Waals surface area contributed by atoms with Gasteiger partial charge in [0, 0.05) is 25.2 Å². The molecule has 1 aromatic heterocycles. The zero-order valence-electron chi connectivity index (χ0n) is 12.5. The molecule has 0 aliphatic rings. The Morgan fingerprint density at radius 3 is 2.25 bits per heavy atom. The van der Waals surface area contributed by atoms with Crippen molar-refractivity contribution in [1.29, 1.82) is 0 Å². The molecule has 0 unspecified atom stereocenters. The number of thiazole rings is 1. The third kappa shape index (κ3) is 4.66. The maximum Gasteiger partial charge on any atom is 0.252 e. The van der Waals surface area contributed by atoms with E-state index in [2.05, 4.69) is 42.3 Å². The van der Waals surface area contributed by atoms with Crippen LogP contribution in [0.15, 0.2) is 4.21 Å². The Morgan fingerprint density at radius 1 is 1.30 bits per heavy atom. The molecular formula is C12H22ClN3O2S2. The normalized spacial score (nSPS) is 12.8. The summed E-state index contributed by atoms with van der Waals surface area (Å²) in [5.41, 5.74) is 0.442. The molecule has 116 valence electrons. The van der Waals surface area contributed by atoms with E-state index in [1.165, 1.54) is 0 Å². The second-order valence-electron chi connectivity index (χ2n) is 5.16. The molecule has 0 saturated heterocycles. The van der Waals surface area contributed by atoms with Gasteiger partial charge in [-0.25, -0.2) is 18.1 Å². The predicted molar refractivity (Wildman–Crippen MR) is 84.0 cm³/mol. The SMILES string of the molecule is Cc1nc(Cl)sc1S(=O)(=O)NCCN(C(C)C)C(C)C. The Morgan fingerprint density at radius 2 is 1.85 bits per heavy atom. The van der Waals surface area contributed by atoms with E-state index in [9.17, 15) is 8.42 Å². The van der Waals surface area contributed by atoms with Crippen molar-refractivity contribution in [2.24, 2.45) is 0 Å². The first-order valence-corrected chi connectivity index (χ1v) is 9.21. The van der Waals surface area contributed by atoms with Gasteiger partial charge in [-0.1, -0.05) is 22.9 Å². The number of halogens is 1. The molecule has 0 fully saturated rings. The van der Waals surface area contributed by atoms with Crippen molar-refractivity contribution in [1.82, 2.24) is 14.6 Å². The minimum absolute atomic E-state index is 0.197. The maximum absolute atomic E-state index is 12.2. The van der Waals surface area contributed by atoms with Crippen LogP contribution in [0.2, 0.25) is 4.47 Å². The van der Waals surface area contributed by atoms with Gasteiger partial charge in [0.1, 0.15) is 0 Å². The smallest absolute Gasteiger partial charge is 0.252 e. The zero-order valence-corrected chi connectivity index (χ0v) is 14.9. The van der Waals surface area contributed by atoms with Crippen LogP contribution in [0.4, 0.5) is 0 Å². The summed E-state index contributed by atoms with van der Waals surface area (Å²) in [5.74, 6) is 0. The lowest BCUT2D eigenvalue weighted by molar-refractivity contribution is 0.179. The Balaban J connectivity index is 2.67. The average Bonchev–Trinajstić information content (AvgIpc) is 2.63. The quantitative estimate of drug-likeness (QED) is 0.829. The van der Waals surface area contributed by atoms with Gasteiger partial charge in [0.2, 0.25) is 0 Å². The lowest BCUT2D eigenvalue weighted by Gasteiger charge is -2.30. The van der Waals surface area contributed by atoms with Crippen LogP contribution in [0.25, 0.3) is 0 Å². The van der Waals surface area contributed by atoms with Crippen molar-refractivity contribution in [2.75, 3.05) is 13.1 Å². The number of hydrogen-bond acceptors (Lipinski definition) is 5. The third-order valence-electron chi connectivity index (χ3n) is 2.96. The molecule has 8 heteroatoms. The Bertz CT molecular complexity index is 533. The van der Waals surface area contributed by atoms with Crippen LogP contribution in [-0.4, -0.2) is 43.5 Å². The highest BCUT2D eigenvalue weighted by atomic mass is 35.5. The number of nitrogens with zero attached hydrogens (tertiary/aromatic N) is 2. The minimum Gasteiger partial charge on any atom is -0.297 e. The first-order valence-electron chi connectivity index (χ1n) is 6.53. The van der Waals surface area contributed by atoms with Crippen LogP contribution in [0.5, 0.6) is 0 Å². The molecule has 1 rings (SSSR count). The van der Waals surface area contributed by atoms with E-state index in [0.717, 1.165) is 11.3 Å². The number of aryl methyl sites for hydroxylation is 1. The molecule has 0 atom stereocenters. The largest absolute Gasteiger partial charge is 0.297 e. The van der Waals surface area contributed by atoms with E-state index in [1.54, 1.807) is 6.92 Å². The van der Waals surface area contributed by atoms with Crippen molar-refractivity contribution in [3.8, 4) is 0 Å². The summed E-state index contributed by atoms with van der Waals surface area (Å²) in [6, 6.07) is 0.748. The van der Waals surface area contributed by atoms with E-state index in [0.29, 0.717) is 30.9 Å². The van der Waals surface area contributed by atoms with Crippen LogP contribution in [0, 0.1) is 6.92 Å². The van der Waals surface area contributed by atoms with Gasteiger partial charge in [-0.05, 0) is 34.6 Å². The van der Waals surface area contributed by atoms with Gasteiger partial charge < -0.3 is 0 Å². The number of rotatable bonds is 7.